The minimum Gasteiger partial charge on any atom is -0.444 e. The minimum absolute atomic E-state index is 0.245. The topological polar surface area (TPSA) is 56.8 Å². The molecule has 5 heteroatoms. The Hall–Kier alpha value is -2.37. The molecule has 0 saturated carbocycles. The van der Waals surface area contributed by atoms with Crippen molar-refractivity contribution in [3.8, 4) is 0 Å². The summed E-state index contributed by atoms with van der Waals surface area (Å²) in [6.45, 7) is 1.46. The van der Waals surface area contributed by atoms with Gasteiger partial charge < -0.3 is 14.2 Å². The molecule has 114 valence electrons. The van der Waals surface area contributed by atoms with Crippen LogP contribution >= 0.6 is 0 Å². The molecule has 1 N–H and O–H groups in total. The zero-order valence-electron chi connectivity index (χ0n) is 12.0. The molecule has 0 spiro atoms. The Kier molecular flexibility index (Phi) is 4.68. The number of amides is 1. The van der Waals surface area contributed by atoms with Crippen LogP contribution in [-0.4, -0.2) is 19.3 Å². The Bertz CT molecular complexity index is 606. The summed E-state index contributed by atoms with van der Waals surface area (Å²) in [6, 6.07) is 16.9. The molecular formula is C17H17NO4. The summed E-state index contributed by atoms with van der Waals surface area (Å²) in [5, 5.41) is 2.69. The maximum atomic E-state index is 11.7. The second-order valence-electron chi connectivity index (χ2n) is 4.88. The largest absolute Gasteiger partial charge is 0.444 e. The average Bonchev–Trinajstić information content (AvgIpc) is 3.09. The molecule has 1 heterocycles. The molecule has 0 radical (unpaired) electrons. The van der Waals surface area contributed by atoms with E-state index in [-0.39, 0.29) is 12.9 Å². The molecule has 1 fully saturated rings. The monoisotopic (exact) mass is 299 g/mol. The van der Waals surface area contributed by atoms with Crippen molar-refractivity contribution in [2.75, 3.05) is 18.5 Å². The van der Waals surface area contributed by atoms with Crippen LogP contribution < -0.4 is 5.32 Å². The van der Waals surface area contributed by atoms with Crippen molar-refractivity contribution in [3.05, 3.63) is 65.7 Å². The van der Waals surface area contributed by atoms with Crippen LogP contribution in [0, 0.1) is 0 Å². The van der Waals surface area contributed by atoms with Gasteiger partial charge in [0.2, 0.25) is 0 Å². The summed E-state index contributed by atoms with van der Waals surface area (Å²) in [5.41, 5.74) is 2.55. The molecule has 0 aromatic heterocycles. The molecule has 1 saturated heterocycles. The van der Waals surface area contributed by atoms with Gasteiger partial charge in [0, 0.05) is 11.3 Å². The second kappa shape index (κ2) is 7.06. The van der Waals surface area contributed by atoms with E-state index in [1.807, 2.05) is 42.5 Å². The summed E-state index contributed by atoms with van der Waals surface area (Å²) in [7, 11) is 0. The summed E-state index contributed by atoms with van der Waals surface area (Å²) in [5.74, 6) is 0. The Morgan fingerprint density at radius 2 is 1.73 bits per heavy atom. The molecule has 2 aromatic carbocycles. The van der Waals surface area contributed by atoms with Crippen molar-refractivity contribution in [1.82, 2.24) is 0 Å². The number of nitrogens with one attached hydrogen (secondary N) is 1. The van der Waals surface area contributed by atoms with Crippen LogP contribution in [0.1, 0.15) is 17.4 Å². The van der Waals surface area contributed by atoms with Crippen molar-refractivity contribution >= 4 is 11.8 Å². The van der Waals surface area contributed by atoms with E-state index in [1.165, 1.54) is 0 Å². The number of ether oxygens (including phenoxy) is 3. The van der Waals surface area contributed by atoms with E-state index in [9.17, 15) is 4.79 Å². The van der Waals surface area contributed by atoms with E-state index >= 15 is 0 Å². The first-order valence-corrected chi connectivity index (χ1v) is 7.12. The molecular weight excluding hydrogens is 282 g/mol. The van der Waals surface area contributed by atoms with Gasteiger partial charge in [0.25, 0.3) is 0 Å². The lowest BCUT2D eigenvalue weighted by atomic mass is 10.2. The van der Waals surface area contributed by atoms with E-state index in [0.29, 0.717) is 18.9 Å². The van der Waals surface area contributed by atoms with Gasteiger partial charge in [-0.1, -0.05) is 42.5 Å². The summed E-state index contributed by atoms with van der Waals surface area (Å²) < 4.78 is 16.0. The van der Waals surface area contributed by atoms with Crippen molar-refractivity contribution in [2.45, 2.75) is 12.9 Å². The van der Waals surface area contributed by atoms with Crippen molar-refractivity contribution in [1.29, 1.82) is 0 Å². The normalized spacial score (nSPS) is 14.7. The maximum Gasteiger partial charge on any atom is 0.411 e. The van der Waals surface area contributed by atoms with Gasteiger partial charge >= 0.3 is 6.09 Å². The van der Waals surface area contributed by atoms with Gasteiger partial charge in [-0.15, -0.1) is 0 Å². The molecule has 5 nitrogen and oxygen atoms in total. The highest BCUT2D eigenvalue weighted by Crippen LogP contribution is 2.24. The molecule has 3 rings (SSSR count). The highest BCUT2D eigenvalue weighted by molar-refractivity contribution is 5.84. The molecule has 2 aromatic rings. The van der Waals surface area contributed by atoms with Crippen molar-refractivity contribution in [2.24, 2.45) is 0 Å². The molecule has 22 heavy (non-hydrogen) atoms. The molecule has 1 aliphatic rings. The van der Waals surface area contributed by atoms with Gasteiger partial charge in [-0.3, -0.25) is 5.32 Å². The number of carbonyl (C=O) groups is 1. The highest BCUT2D eigenvalue weighted by atomic mass is 16.7. The third-order valence-corrected chi connectivity index (χ3v) is 3.26. The lowest BCUT2D eigenvalue weighted by Crippen LogP contribution is -2.13. The third-order valence-electron chi connectivity index (χ3n) is 3.26. The molecule has 1 aliphatic heterocycles. The van der Waals surface area contributed by atoms with Crippen LogP contribution in [0.25, 0.3) is 0 Å². The number of hydrogen-bond acceptors (Lipinski definition) is 4. The van der Waals surface area contributed by atoms with Crippen LogP contribution in [0.2, 0.25) is 0 Å². The van der Waals surface area contributed by atoms with Crippen molar-refractivity contribution in [3.63, 3.8) is 0 Å². The van der Waals surface area contributed by atoms with Crippen LogP contribution in [0.4, 0.5) is 10.5 Å². The number of carbonyl (C=O) groups excluding carboxylic acids is 1. The highest BCUT2D eigenvalue weighted by Gasteiger charge is 2.17. The number of anilines is 1. The van der Waals surface area contributed by atoms with Gasteiger partial charge in [-0.25, -0.2) is 4.79 Å². The molecule has 0 bridgehead atoms. The van der Waals surface area contributed by atoms with E-state index in [4.69, 9.17) is 14.2 Å². The molecule has 0 unspecified atom stereocenters. The minimum atomic E-state index is -0.482. The standard InChI is InChI=1S/C17H17NO4/c19-17(22-12-13-4-2-1-3-5-13)18-15-8-6-14(7-9-15)16-20-10-11-21-16/h1-9,16H,10-12H2,(H,18,19). The van der Waals surface area contributed by atoms with Crippen LogP contribution in [0.3, 0.4) is 0 Å². The first-order chi connectivity index (χ1) is 10.8. The van der Waals surface area contributed by atoms with Crippen molar-refractivity contribution < 1.29 is 19.0 Å². The predicted molar refractivity (Wildman–Crippen MR) is 81.3 cm³/mol. The first-order valence-electron chi connectivity index (χ1n) is 7.12. The predicted octanol–water partition coefficient (Wildman–Crippen LogP) is 3.48. The fourth-order valence-corrected chi connectivity index (χ4v) is 2.15. The Labute approximate surface area is 128 Å². The van der Waals surface area contributed by atoms with E-state index < -0.39 is 6.09 Å². The number of hydrogen-bond donors (Lipinski definition) is 1. The SMILES string of the molecule is O=C(Nc1ccc(C2OCCO2)cc1)OCc1ccccc1. The number of rotatable bonds is 4. The first kappa shape index (κ1) is 14.6. The average molecular weight is 299 g/mol. The summed E-state index contributed by atoms with van der Waals surface area (Å²) in [6.07, 6.45) is -0.788. The third kappa shape index (κ3) is 3.84. The molecule has 0 aliphatic carbocycles. The van der Waals surface area contributed by atoms with Gasteiger partial charge in [0.15, 0.2) is 6.29 Å². The van der Waals surface area contributed by atoms with Crippen LogP contribution in [-0.2, 0) is 20.8 Å². The number of benzene rings is 2. The zero-order valence-corrected chi connectivity index (χ0v) is 12.0. The lowest BCUT2D eigenvalue weighted by Gasteiger charge is -2.11. The lowest BCUT2D eigenvalue weighted by molar-refractivity contribution is -0.0441. The second-order valence-corrected chi connectivity index (χ2v) is 4.88. The fraction of sp³-hybridized carbons (Fsp3) is 0.235. The van der Waals surface area contributed by atoms with Gasteiger partial charge in [-0.05, 0) is 17.7 Å². The van der Waals surface area contributed by atoms with Gasteiger partial charge in [0.1, 0.15) is 6.61 Å². The smallest absolute Gasteiger partial charge is 0.411 e. The van der Waals surface area contributed by atoms with Gasteiger partial charge in [0.05, 0.1) is 13.2 Å². The summed E-state index contributed by atoms with van der Waals surface area (Å²) in [4.78, 5) is 11.7. The summed E-state index contributed by atoms with van der Waals surface area (Å²) >= 11 is 0. The van der Waals surface area contributed by atoms with E-state index in [2.05, 4.69) is 5.32 Å². The Morgan fingerprint density at radius 1 is 1.05 bits per heavy atom. The van der Waals surface area contributed by atoms with Crippen LogP contribution in [0.5, 0.6) is 0 Å². The Morgan fingerprint density at radius 3 is 2.41 bits per heavy atom. The van der Waals surface area contributed by atoms with Gasteiger partial charge in [-0.2, -0.15) is 0 Å². The van der Waals surface area contributed by atoms with E-state index in [1.54, 1.807) is 12.1 Å². The Balaban J connectivity index is 1.50. The van der Waals surface area contributed by atoms with Crippen LogP contribution in [0.15, 0.2) is 54.6 Å². The molecule has 1 amide bonds. The van der Waals surface area contributed by atoms with E-state index in [0.717, 1.165) is 11.1 Å². The quantitative estimate of drug-likeness (QED) is 0.939. The molecule has 0 atom stereocenters. The zero-order chi connectivity index (χ0) is 15.2. The maximum absolute atomic E-state index is 11.7. The fourth-order valence-electron chi connectivity index (χ4n) is 2.15.